The molecule has 0 saturated heterocycles. The van der Waals surface area contributed by atoms with E-state index < -0.39 is 11.4 Å². The molecule has 3 heteroatoms. The molecule has 1 aromatic heterocycles. The van der Waals surface area contributed by atoms with Crippen molar-refractivity contribution in [1.29, 1.82) is 0 Å². The van der Waals surface area contributed by atoms with Crippen molar-refractivity contribution < 1.29 is 9.90 Å². The van der Waals surface area contributed by atoms with Crippen LogP contribution in [0.25, 0.3) is 0 Å². The van der Waals surface area contributed by atoms with Crippen LogP contribution in [0, 0.1) is 25.2 Å². The van der Waals surface area contributed by atoms with Crippen molar-refractivity contribution in [3.05, 3.63) is 35.2 Å². The highest BCUT2D eigenvalue weighted by molar-refractivity contribution is 5.78. The Labute approximate surface area is 114 Å². The van der Waals surface area contributed by atoms with Crippen molar-refractivity contribution in [2.75, 3.05) is 0 Å². The average Bonchev–Trinajstić information content (AvgIpc) is 2.81. The third kappa shape index (κ3) is 2.01. The zero-order valence-electron chi connectivity index (χ0n) is 12.4. The molecule has 1 N–H and O–H groups in total. The maximum atomic E-state index is 11.7. The number of nitrogens with zero attached hydrogens (tertiary/aromatic N) is 1. The van der Waals surface area contributed by atoms with Crippen molar-refractivity contribution in [3.63, 3.8) is 0 Å². The maximum absolute atomic E-state index is 11.7. The lowest BCUT2D eigenvalue weighted by Gasteiger charge is -2.29. The number of rotatable bonds is 3. The SMILES string of the molecule is CC1=C[C@@](C(=O)O)(C(C)C)C[C@@H]1n1c(C)ccc1C. The minimum absolute atomic E-state index is 0.0983. The summed E-state index contributed by atoms with van der Waals surface area (Å²) in [6.07, 6.45) is 2.63. The molecule has 3 nitrogen and oxygen atoms in total. The van der Waals surface area contributed by atoms with Gasteiger partial charge in [0.15, 0.2) is 0 Å². The molecule has 104 valence electrons. The van der Waals surface area contributed by atoms with Crippen LogP contribution in [-0.2, 0) is 4.79 Å². The van der Waals surface area contributed by atoms with Crippen LogP contribution in [-0.4, -0.2) is 15.6 Å². The Bertz CT molecular complexity index is 519. The number of hydrogen-bond donors (Lipinski definition) is 1. The number of aryl methyl sites for hydroxylation is 2. The Hall–Kier alpha value is -1.51. The summed E-state index contributed by atoms with van der Waals surface area (Å²) in [5.41, 5.74) is 2.83. The molecule has 0 aliphatic heterocycles. The second-order valence-electron chi connectivity index (χ2n) is 6.09. The van der Waals surface area contributed by atoms with Crippen molar-refractivity contribution in [3.8, 4) is 0 Å². The molecule has 0 spiro atoms. The predicted octanol–water partition coefficient (Wildman–Crippen LogP) is 3.72. The predicted molar refractivity (Wildman–Crippen MR) is 76.2 cm³/mol. The lowest BCUT2D eigenvalue weighted by atomic mass is 9.76. The van der Waals surface area contributed by atoms with E-state index in [0.29, 0.717) is 6.42 Å². The van der Waals surface area contributed by atoms with E-state index in [1.807, 2.05) is 19.9 Å². The summed E-state index contributed by atoms with van der Waals surface area (Å²) in [7, 11) is 0. The number of hydrogen-bond acceptors (Lipinski definition) is 1. The zero-order chi connectivity index (χ0) is 14.4. The van der Waals surface area contributed by atoms with Crippen molar-refractivity contribution in [2.24, 2.45) is 11.3 Å². The number of carbonyl (C=O) groups is 1. The highest BCUT2D eigenvalue weighted by atomic mass is 16.4. The van der Waals surface area contributed by atoms with Crippen LogP contribution >= 0.6 is 0 Å². The molecule has 2 atom stereocenters. The number of aliphatic carboxylic acids is 1. The third-order valence-electron chi connectivity index (χ3n) is 4.61. The van der Waals surface area contributed by atoms with Crippen molar-refractivity contribution in [2.45, 2.75) is 47.1 Å². The molecule has 0 amide bonds. The van der Waals surface area contributed by atoms with E-state index in [1.54, 1.807) is 0 Å². The first kappa shape index (κ1) is 13.9. The van der Waals surface area contributed by atoms with Gasteiger partial charge in [0.1, 0.15) is 0 Å². The van der Waals surface area contributed by atoms with Crippen molar-refractivity contribution >= 4 is 5.97 Å². The van der Waals surface area contributed by atoms with E-state index >= 15 is 0 Å². The minimum Gasteiger partial charge on any atom is -0.481 e. The van der Waals surface area contributed by atoms with E-state index in [-0.39, 0.29) is 12.0 Å². The smallest absolute Gasteiger partial charge is 0.313 e. The molecule has 19 heavy (non-hydrogen) atoms. The van der Waals surface area contributed by atoms with Gasteiger partial charge in [0.05, 0.1) is 11.5 Å². The molecule has 0 bridgehead atoms. The average molecular weight is 261 g/mol. The van der Waals surface area contributed by atoms with Crippen LogP contribution in [0.2, 0.25) is 0 Å². The van der Waals surface area contributed by atoms with Gasteiger partial charge in [-0.25, -0.2) is 0 Å². The zero-order valence-corrected chi connectivity index (χ0v) is 12.4. The van der Waals surface area contributed by atoms with Gasteiger partial charge in [0.2, 0.25) is 0 Å². The summed E-state index contributed by atoms with van der Waals surface area (Å²) in [5.74, 6) is -0.604. The van der Waals surface area contributed by atoms with Gasteiger partial charge in [-0.15, -0.1) is 0 Å². The summed E-state index contributed by atoms with van der Waals surface area (Å²) in [6, 6.07) is 4.37. The highest BCUT2D eigenvalue weighted by Crippen LogP contribution is 2.48. The topological polar surface area (TPSA) is 42.2 Å². The molecular formula is C16H23NO2. The monoisotopic (exact) mass is 261 g/mol. The first-order valence-electron chi connectivity index (χ1n) is 6.87. The Morgan fingerprint density at radius 3 is 2.21 bits per heavy atom. The van der Waals surface area contributed by atoms with Gasteiger partial charge < -0.3 is 9.67 Å². The van der Waals surface area contributed by atoms with E-state index in [2.05, 4.69) is 37.5 Å². The summed E-state index contributed by atoms with van der Waals surface area (Å²) >= 11 is 0. The summed E-state index contributed by atoms with van der Waals surface area (Å²) in [6.45, 7) is 10.2. The van der Waals surface area contributed by atoms with E-state index in [9.17, 15) is 9.90 Å². The van der Waals surface area contributed by atoms with Gasteiger partial charge in [0, 0.05) is 11.4 Å². The Kier molecular flexibility index (Phi) is 3.33. The minimum atomic E-state index is -0.724. The van der Waals surface area contributed by atoms with Crippen LogP contribution in [0.1, 0.15) is 44.6 Å². The van der Waals surface area contributed by atoms with E-state index in [4.69, 9.17) is 0 Å². The van der Waals surface area contributed by atoms with Crippen LogP contribution in [0.4, 0.5) is 0 Å². The lowest BCUT2D eigenvalue weighted by molar-refractivity contribution is -0.148. The number of aromatic nitrogens is 1. The van der Waals surface area contributed by atoms with Gasteiger partial charge in [0.25, 0.3) is 0 Å². The summed E-state index contributed by atoms with van der Waals surface area (Å²) < 4.78 is 2.26. The molecule has 0 saturated carbocycles. The molecule has 0 fully saturated rings. The third-order valence-corrected chi connectivity index (χ3v) is 4.61. The van der Waals surface area contributed by atoms with Crippen LogP contribution in [0.15, 0.2) is 23.8 Å². The fourth-order valence-corrected chi connectivity index (χ4v) is 3.31. The van der Waals surface area contributed by atoms with Crippen LogP contribution in [0.3, 0.4) is 0 Å². The molecule has 0 radical (unpaired) electrons. The highest BCUT2D eigenvalue weighted by Gasteiger charge is 2.47. The molecule has 0 unspecified atom stereocenters. The largest absolute Gasteiger partial charge is 0.481 e. The van der Waals surface area contributed by atoms with Crippen LogP contribution in [0.5, 0.6) is 0 Å². The molecule has 1 aliphatic rings. The second kappa shape index (κ2) is 4.55. The fourth-order valence-electron chi connectivity index (χ4n) is 3.31. The summed E-state index contributed by atoms with van der Waals surface area (Å²) in [5, 5.41) is 9.65. The number of allylic oxidation sites excluding steroid dienone is 1. The van der Waals surface area contributed by atoms with Gasteiger partial charge in [-0.05, 0) is 45.2 Å². The molecule has 2 rings (SSSR count). The Balaban J connectivity index is 2.45. The molecular weight excluding hydrogens is 238 g/mol. The molecule has 1 aromatic rings. The second-order valence-corrected chi connectivity index (χ2v) is 6.09. The number of carboxylic acids is 1. The first-order valence-corrected chi connectivity index (χ1v) is 6.87. The first-order chi connectivity index (χ1) is 8.79. The summed E-state index contributed by atoms with van der Waals surface area (Å²) in [4.78, 5) is 11.7. The van der Waals surface area contributed by atoms with E-state index in [1.165, 1.54) is 17.0 Å². The quantitative estimate of drug-likeness (QED) is 0.842. The van der Waals surface area contributed by atoms with Crippen LogP contribution < -0.4 is 0 Å². The lowest BCUT2D eigenvalue weighted by Crippen LogP contribution is -2.33. The van der Waals surface area contributed by atoms with Gasteiger partial charge in [-0.3, -0.25) is 4.79 Å². The van der Waals surface area contributed by atoms with Gasteiger partial charge in [-0.1, -0.05) is 25.5 Å². The Morgan fingerprint density at radius 1 is 1.32 bits per heavy atom. The van der Waals surface area contributed by atoms with Gasteiger partial charge in [-0.2, -0.15) is 0 Å². The molecule has 0 aromatic carbocycles. The molecule has 1 aliphatic carbocycles. The Morgan fingerprint density at radius 2 is 1.84 bits per heavy atom. The normalized spacial score (nSPS) is 26.8. The van der Waals surface area contributed by atoms with Crippen molar-refractivity contribution in [1.82, 2.24) is 4.57 Å². The number of carboxylic acid groups (broad SMARTS) is 1. The van der Waals surface area contributed by atoms with Gasteiger partial charge >= 0.3 is 5.97 Å². The maximum Gasteiger partial charge on any atom is 0.313 e. The fraction of sp³-hybridized carbons (Fsp3) is 0.562. The van der Waals surface area contributed by atoms with E-state index in [0.717, 1.165) is 0 Å². The molecule has 1 heterocycles. The standard InChI is InChI=1S/C16H23NO2/c1-10(2)16(15(18)19)8-11(3)14(9-16)17-12(4)6-7-13(17)5/h6-8,10,14H,9H2,1-5H3,(H,18,19)/t14-,16-/m0/s1.